The van der Waals surface area contributed by atoms with Crippen molar-refractivity contribution in [2.45, 2.75) is 46.5 Å². The number of hydrogen-bond donors (Lipinski definition) is 2. The largest absolute Gasteiger partial charge is 0.480 e. The summed E-state index contributed by atoms with van der Waals surface area (Å²) in [7, 11) is 0. The van der Waals surface area contributed by atoms with Crippen LogP contribution in [-0.4, -0.2) is 23.5 Å². The van der Waals surface area contributed by atoms with E-state index in [9.17, 15) is 9.59 Å². The molecule has 0 atom stereocenters. The second-order valence-corrected chi connectivity index (χ2v) is 5.81. The fraction of sp³-hybridized carbons (Fsp3) is 0.833. The van der Waals surface area contributed by atoms with E-state index in [1.165, 1.54) is 0 Å². The molecule has 16 heavy (non-hydrogen) atoms. The summed E-state index contributed by atoms with van der Waals surface area (Å²) in [6.07, 6.45) is 2.64. The molecule has 0 aromatic rings. The molecule has 92 valence electrons. The van der Waals surface area contributed by atoms with Crippen LogP contribution in [0.5, 0.6) is 0 Å². The Morgan fingerprint density at radius 3 is 2.19 bits per heavy atom. The lowest BCUT2D eigenvalue weighted by atomic mass is 9.68. The number of aliphatic carboxylic acids is 1. The first-order chi connectivity index (χ1) is 7.28. The minimum absolute atomic E-state index is 0.156. The number of hydrogen-bond acceptors (Lipinski definition) is 2. The summed E-state index contributed by atoms with van der Waals surface area (Å²) >= 11 is 0. The minimum atomic E-state index is -1.13. The maximum absolute atomic E-state index is 11.8. The zero-order valence-electron chi connectivity index (χ0n) is 10.3. The first-order valence-corrected chi connectivity index (χ1v) is 5.80. The van der Waals surface area contributed by atoms with E-state index in [0.29, 0.717) is 19.4 Å². The van der Waals surface area contributed by atoms with Crippen LogP contribution in [0, 0.1) is 10.8 Å². The SMILES string of the molecule is CC(C)(C)CCNC(=O)C1(C(=O)O)CCC1. The monoisotopic (exact) mass is 227 g/mol. The Morgan fingerprint density at radius 2 is 1.88 bits per heavy atom. The lowest BCUT2D eigenvalue weighted by molar-refractivity contribution is -0.162. The van der Waals surface area contributed by atoms with E-state index in [1.54, 1.807) is 0 Å². The summed E-state index contributed by atoms with van der Waals surface area (Å²) in [6.45, 7) is 6.83. The number of carbonyl (C=O) groups excluding carboxylic acids is 1. The van der Waals surface area contributed by atoms with Crippen LogP contribution < -0.4 is 5.32 Å². The summed E-state index contributed by atoms with van der Waals surface area (Å²) in [5, 5.41) is 11.8. The molecule has 1 saturated carbocycles. The molecular formula is C12H21NO3. The molecule has 1 aliphatic rings. The second kappa shape index (κ2) is 4.44. The van der Waals surface area contributed by atoms with Gasteiger partial charge in [0.25, 0.3) is 0 Å². The molecule has 0 radical (unpaired) electrons. The van der Waals surface area contributed by atoms with Gasteiger partial charge in [-0.25, -0.2) is 0 Å². The average Bonchev–Trinajstić information content (AvgIpc) is 1.97. The molecule has 1 rings (SSSR count). The Morgan fingerprint density at radius 1 is 1.31 bits per heavy atom. The van der Waals surface area contributed by atoms with Crippen molar-refractivity contribution in [2.24, 2.45) is 10.8 Å². The number of carbonyl (C=O) groups is 2. The van der Waals surface area contributed by atoms with E-state index in [1.807, 2.05) is 0 Å². The van der Waals surface area contributed by atoms with Gasteiger partial charge in [0.1, 0.15) is 5.41 Å². The van der Waals surface area contributed by atoms with Crippen LogP contribution in [0.4, 0.5) is 0 Å². The van der Waals surface area contributed by atoms with Gasteiger partial charge in [0.05, 0.1) is 0 Å². The zero-order valence-corrected chi connectivity index (χ0v) is 10.3. The number of carboxylic acid groups (broad SMARTS) is 1. The van der Waals surface area contributed by atoms with E-state index in [2.05, 4.69) is 26.1 Å². The summed E-state index contributed by atoms with van der Waals surface area (Å²) in [4.78, 5) is 22.8. The molecule has 0 aromatic heterocycles. The van der Waals surface area contributed by atoms with Gasteiger partial charge in [-0.3, -0.25) is 9.59 Å². The molecule has 0 unspecified atom stereocenters. The van der Waals surface area contributed by atoms with Gasteiger partial charge in [0, 0.05) is 6.54 Å². The van der Waals surface area contributed by atoms with Crippen molar-refractivity contribution in [3.8, 4) is 0 Å². The predicted octanol–water partition coefficient (Wildman–Crippen LogP) is 1.79. The molecule has 1 fully saturated rings. The Labute approximate surface area is 96.4 Å². The summed E-state index contributed by atoms with van der Waals surface area (Å²) in [5.74, 6) is -1.29. The highest BCUT2D eigenvalue weighted by atomic mass is 16.4. The molecule has 4 nitrogen and oxygen atoms in total. The fourth-order valence-corrected chi connectivity index (χ4v) is 1.79. The summed E-state index contributed by atoms with van der Waals surface area (Å²) < 4.78 is 0. The highest BCUT2D eigenvalue weighted by Crippen LogP contribution is 2.41. The molecule has 4 heteroatoms. The third-order valence-electron chi connectivity index (χ3n) is 3.21. The van der Waals surface area contributed by atoms with Crippen molar-refractivity contribution in [1.82, 2.24) is 5.32 Å². The maximum atomic E-state index is 11.8. The highest BCUT2D eigenvalue weighted by Gasteiger charge is 2.50. The standard InChI is InChI=1S/C12H21NO3/c1-11(2,3)7-8-13-9(14)12(10(15)16)5-4-6-12/h4-8H2,1-3H3,(H,13,14)(H,15,16). The fourth-order valence-electron chi connectivity index (χ4n) is 1.79. The number of carboxylic acids is 1. The molecule has 0 heterocycles. The molecule has 0 saturated heterocycles. The van der Waals surface area contributed by atoms with Gasteiger partial charge in [-0.15, -0.1) is 0 Å². The van der Waals surface area contributed by atoms with Crippen molar-refractivity contribution in [3.63, 3.8) is 0 Å². The minimum Gasteiger partial charge on any atom is -0.480 e. The predicted molar refractivity (Wildman–Crippen MR) is 61.0 cm³/mol. The Balaban J connectivity index is 2.43. The van der Waals surface area contributed by atoms with Crippen LogP contribution in [-0.2, 0) is 9.59 Å². The van der Waals surface area contributed by atoms with Crippen LogP contribution in [0.15, 0.2) is 0 Å². The molecule has 0 bridgehead atoms. The third kappa shape index (κ3) is 2.74. The van der Waals surface area contributed by atoms with Gasteiger partial charge in [-0.2, -0.15) is 0 Å². The van der Waals surface area contributed by atoms with Gasteiger partial charge < -0.3 is 10.4 Å². The quantitative estimate of drug-likeness (QED) is 0.720. The van der Waals surface area contributed by atoms with Gasteiger partial charge >= 0.3 is 5.97 Å². The van der Waals surface area contributed by atoms with Crippen molar-refractivity contribution >= 4 is 11.9 Å². The number of rotatable bonds is 4. The topological polar surface area (TPSA) is 66.4 Å². The molecule has 0 spiro atoms. The Hall–Kier alpha value is -1.06. The molecule has 0 aromatic carbocycles. The first-order valence-electron chi connectivity index (χ1n) is 5.80. The van der Waals surface area contributed by atoms with Gasteiger partial charge in [-0.1, -0.05) is 27.2 Å². The zero-order chi connectivity index (χ0) is 12.4. The van der Waals surface area contributed by atoms with Crippen LogP contribution in [0.3, 0.4) is 0 Å². The molecule has 1 aliphatic carbocycles. The van der Waals surface area contributed by atoms with Crippen LogP contribution in [0.25, 0.3) is 0 Å². The second-order valence-electron chi connectivity index (χ2n) is 5.81. The van der Waals surface area contributed by atoms with E-state index >= 15 is 0 Å². The molecule has 0 aliphatic heterocycles. The van der Waals surface area contributed by atoms with Crippen molar-refractivity contribution in [3.05, 3.63) is 0 Å². The van der Waals surface area contributed by atoms with E-state index < -0.39 is 11.4 Å². The number of nitrogens with one attached hydrogen (secondary N) is 1. The molecule has 1 amide bonds. The smallest absolute Gasteiger partial charge is 0.319 e. The Kier molecular flexibility index (Phi) is 3.61. The van der Waals surface area contributed by atoms with Crippen molar-refractivity contribution in [2.75, 3.05) is 6.54 Å². The number of amides is 1. The summed E-state index contributed by atoms with van der Waals surface area (Å²) in [5.41, 5.74) is -0.971. The van der Waals surface area contributed by atoms with Crippen LogP contribution in [0.1, 0.15) is 46.5 Å². The summed E-state index contributed by atoms with van der Waals surface area (Å²) in [6, 6.07) is 0. The normalized spacial score (nSPS) is 18.7. The maximum Gasteiger partial charge on any atom is 0.319 e. The van der Waals surface area contributed by atoms with E-state index in [4.69, 9.17) is 5.11 Å². The molecule has 2 N–H and O–H groups in total. The van der Waals surface area contributed by atoms with Crippen molar-refractivity contribution in [1.29, 1.82) is 0 Å². The van der Waals surface area contributed by atoms with Crippen molar-refractivity contribution < 1.29 is 14.7 Å². The lowest BCUT2D eigenvalue weighted by Gasteiger charge is -2.36. The van der Waals surface area contributed by atoms with Gasteiger partial charge in [0.15, 0.2) is 0 Å². The third-order valence-corrected chi connectivity index (χ3v) is 3.21. The molecular weight excluding hydrogens is 206 g/mol. The van der Waals surface area contributed by atoms with E-state index in [0.717, 1.165) is 12.8 Å². The van der Waals surface area contributed by atoms with Gasteiger partial charge in [0.2, 0.25) is 5.91 Å². The highest BCUT2D eigenvalue weighted by molar-refractivity contribution is 6.02. The Bertz CT molecular complexity index is 287. The average molecular weight is 227 g/mol. The lowest BCUT2D eigenvalue weighted by Crippen LogP contribution is -2.51. The van der Waals surface area contributed by atoms with E-state index in [-0.39, 0.29) is 11.3 Å². The van der Waals surface area contributed by atoms with Gasteiger partial charge in [-0.05, 0) is 24.7 Å². The van der Waals surface area contributed by atoms with Crippen LogP contribution in [0.2, 0.25) is 0 Å². The first kappa shape index (κ1) is 13.0. The van der Waals surface area contributed by atoms with Crippen LogP contribution >= 0.6 is 0 Å².